The van der Waals surface area contributed by atoms with E-state index in [0.29, 0.717) is 4.88 Å². The number of carbonyl (C=O) groups is 1. The maximum atomic E-state index is 12.9. The predicted octanol–water partition coefficient (Wildman–Crippen LogP) is 3.64. The highest BCUT2D eigenvalue weighted by Gasteiger charge is 2.27. The molecule has 0 aliphatic heterocycles. The number of nitriles is 1. The highest BCUT2D eigenvalue weighted by atomic mass is 32.1. The monoisotopic (exact) mass is 364 g/mol. The Morgan fingerprint density at radius 1 is 1.23 bits per heavy atom. The van der Waals surface area contributed by atoms with Gasteiger partial charge in [-0.2, -0.15) is 5.26 Å². The minimum absolute atomic E-state index is 0.00798. The number of hydrogen-bond acceptors (Lipinski definition) is 5. The standard InChI is InChI=1S/C20H16N2O3S/c1-12-15(11-21)19(24)22(13(2)14-7-4-3-5-8-14)20(25)17(12)18(23)16-9-6-10-26-16/h3-10,13,25H,1-2H3. The third-order valence-corrected chi connectivity index (χ3v) is 5.26. The van der Waals surface area contributed by atoms with Crippen molar-refractivity contribution in [2.75, 3.05) is 0 Å². The molecule has 1 unspecified atom stereocenters. The zero-order valence-electron chi connectivity index (χ0n) is 14.3. The Bertz CT molecular complexity index is 1060. The summed E-state index contributed by atoms with van der Waals surface area (Å²) >= 11 is 1.24. The van der Waals surface area contributed by atoms with Gasteiger partial charge in [-0.1, -0.05) is 36.4 Å². The molecular formula is C20H16N2O3S. The molecule has 0 saturated heterocycles. The minimum atomic E-state index is -0.610. The number of hydrogen-bond donors (Lipinski definition) is 1. The highest BCUT2D eigenvalue weighted by molar-refractivity contribution is 7.12. The van der Waals surface area contributed by atoms with Gasteiger partial charge in [0.05, 0.1) is 16.5 Å². The zero-order valence-corrected chi connectivity index (χ0v) is 15.1. The van der Waals surface area contributed by atoms with Gasteiger partial charge in [0.25, 0.3) is 5.56 Å². The minimum Gasteiger partial charge on any atom is -0.494 e. The van der Waals surface area contributed by atoms with E-state index in [9.17, 15) is 20.0 Å². The molecule has 0 amide bonds. The van der Waals surface area contributed by atoms with E-state index in [4.69, 9.17) is 0 Å². The first-order chi connectivity index (χ1) is 12.5. The summed E-state index contributed by atoms with van der Waals surface area (Å²) in [7, 11) is 0. The van der Waals surface area contributed by atoms with Crippen molar-refractivity contribution in [3.8, 4) is 11.9 Å². The summed E-state index contributed by atoms with van der Waals surface area (Å²) in [5.41, 5.74) is 0.232. The van der Waals surface area contributed by atoms with Gasteiger partial charge in [-0.25, -0.2) is 0 Å². The molecule has 5 nitrogen and oxygen atoms in total. The largest absolute Gasteiger partial charge is 0.494 e. The molecule has 0 bridgehead atoms. The van der Waals surface area contributed by atoms with Crippen molar-refractivity contribution in [2.24, 2.45) is 0 Å². The van der Waals surface area contributed by atoms with E-state index in [1.807, 2.05) is 36.4 Å². The fourth-order valence-electron chi connectivity index (χ4n) is 2.96. The van der Waals surface area contributed by atoms with Gasteiger partial charge in [0, 0.05) is 0 Å². The Balaban J connectivity index is 2.29. The van der Waals surface area contributed by atoms with Crippen LogP contribution in [0.15, 0.2) is 52.6 Å². The van der Waals surface area contributed by atoms with Crippen molar-refractivity contribution >= 4 is 17.1 Å². The Morgan fingerprint density at radius 3 is 2.50 bits per heavy atom. The molecule has 1 aromatic carbocycles. The van der Waals surface area contributed by atoms with Gasteiger partial charge in [0.2, 0.25) is 11.7 Å². The van der Waals surface area contributed by atoms with Crippen LogP contribution in [0.25, 0.3) is 0 Å². The SMILES string of the molecule is Cc1c(C(=O)c2cccs2)c(O)n(C(C)c2ccccc2)c(=O)c1C#N. The fraction of sp³-hybridized carbons (Fsp3) is 0.150. The summed E-state index contributed by atoms with van der Waals surface area (Å²) in [5.74, 6) is -0.818. The van der Waals surface area contributed by atoms with Gasteiger partial charge in [-0.05, 0) is 36.4 Å². The Hall–Kier alpha value is -3.17. The molecule has 0 spiro atoms. The summed E-state index contributed by atoms with van der Waals surface area (Å²) in [6.07, 6.45) is 0. The number of nitrogens with zero attached hydrogens (tertiary/aromatic N) is 2. The van der Waals surface area contributed by atoms with E-state index >= 15 is 0 Å². The first-order valence-corrected chi connectivity index (χ1v) is 8.86. The van der Waals surface area contributed by atoms with Crippen molar-refractivity contribution in [3.05, 3.63) is 85.3 Å². The number of aromatic nitrogens is 1. The van der Waals surface area contributed by atoms with Crippen molar-refractivity contribution in [3.63, 3.8) is 0 Å². The van der Waals surface area contributed by atoms with Crippen LogP contribution in [-0.2, 0) is 0 Å². The average Bonchev–Trinajstić information content (AvgIpc) is 3.17. The van der Waals surface area contributed by atoms with E-state index in [0.717, 1.165) is 10.1 Å². The lowest BCUT2D eigenvalue weighted by molar-refractivity contribution is 0.103. The molecule has 0 radical (unpaired) electrons. The van der Waals surface area contributed by atoms with Crippen LogP contribution >= 0.6 is 11.3 Å². The molecule has 2 aromatic heterocycles. The lowest BCUT2D eigenvalue weighted by Crippen LogP contribution is -2.29. The van der Waals surface area contributed by atoms with E-state index < -0.39 is 23.3 Å². The topological polar surface area (TPSA) is 83.1 Å². The van der Waals surface area contributed by atoms with Crippen LogP contribution in [-0.4, -0.2) is 15.5 Å². The van der Waals surface area contributed by atoms with Crippen LogP contribution in [0.1, 0.15) is 44.9 Å². The second-order valence-corrected chi connectivity index (χ2v) is 6.83. The third kappa shape index (κ3) is 2.83. The van der Waals surface area contributed by atoms with Gasteiger partial charge in [-0.15, -0.1) is 11.3 Å². The molecule has 2 heterocycles. The van der Waals surface area contributed by atoms with Crippen molar-refractivity contribution < 1.29 is 9.90 Å². The molecular weight excluding hydrogens is 348 g/mol. The van der Waals surface area contributed by atoms with Gasteiger partial charge in [0.1, 0.15) is 11.6 Å². The Morgan fingerprint density at radius 2 is 1.92 bits per heavy atom. The number of ketones is 1. The van der Waals surface area contributed by atoms with Crippen LogP contribution < -0.4 is 5.56 Å². The Labute approximate surface area is 154 Å². The number of thiophene rings is 1. The summed E-state index contributed by atoms with van der Waals surface area (Å²) in [6.45, 7) is 3.25. The quantitative estimate of drug-likeness (QED) is 0.717. The molecule has 26 heavy (non-hydrogen) atoms. The second kappa shape index (κ2) is 6.98. The van der Waals surface area contributed by atoms with Gasteiger partial charge >= 0.3 is 0 Å². The normalized spacial score (nSPS) is 11.7. The molecule has 0 aliphatic rings. The first-order valence-electron chi connectivity index (χ1n) is 7.98. The summed E-state index contributed by atoms with van der Waals surface area (Å²) < 4.78 is 1.11. The number of benzene rings is 1. The zero-order chi connectivity index (χ0) is 18.8. The smallest absolute Gasteiger partial charge is 0.272 e. The molecule has 0 fully saturated rings. The van der Waals surface area contributed by atoms with Crippen LogP contribution in [0.5, 0.6) is 5.88 Å². The first kappa shape index (κ1) is 17.6. The number of aromatic hydroxyl groups is 1. The van der Waals surface area contributed by atoms with E-state index in [1.54, 1.807) is 24.4 Å². The van der Waals surface area contributed by atoms with Crippen molar-refractivity contribution in [2.45, 2.75) is 19.9 Å². The number of rotatable bonds is 4. The average molecular weight is 364 g/mol. The molecule has 130 valence electrons. The lowest BCUT2D eigenvalue weighted by atomic mass is 9.99. The summed E-state index contributed by atoms with van der Waals surface area (Å²) in [5, 5.41) is 22.0. The summed E-state index contributed by atoms with van der Waals surface area (Å²) in [4.78, 5) is 26.1. The molecule has 3 rings (SSSR count). The highest BCUT2D eigenvalue weighted by Crippen LogP contribution is 2.30. The van der Waals surface area contributed by atoms with Crippen LogP contribution in [0, 0.1) is 18.3 Å². The third-order valence-electron chi connectivity index (χ3n) is 4.39. The van der Waals surface area contributed by atoms with Crippen LogP contribution in [0.4, 0.5) is 0 Å². The van der Waals surface area contributed by atoms with Crippen molar-refractivity contribution in [1.82, 2.24) is 4.57 Å². The second-order valence-electron chi connectivity index (χ2n) is 5.88. The predicted molar refractivity (Wildman–Crippen MR) is 99.8 cm³/mol. The van der Waals surface area contributed by atoms with Gasteiger partial charge < -0.3 is 5.11 Å². The molecule has 0 saturated carbocycles. The van der Waals surface area contributed by atoms with Gasteiger partial charge in [0.15, 0.2) is 0 Å². The fourth-order valence-corrected chi connectivity index (χ4v) is 3.63. The molecule has 1 atom stereocenters. The molecule has 0 aliphatic carbocycles. The van der Waals surface area contributed by atoms with Gasteiger partial charge in [-0.3, -0.25) is 14.2 Å². The van der Waals surface area contributed by atoms with E-state index in [2.05, 4.69) is 0 Å². The summed E-state index contributed by atoms with van der Waals surface area (Å²) in [6, 6.07) is 13.9. The Kier molecular flexibility index (Phi) is 4.74. The number of pyridine rings is 1. The van der Waals surface area contributed by atoms with Crippen LogP contribution in [0.3, 0.4) is 0 Å². The van der Waals surface area contributed by atoms with E-state index in [-0.39, 0.29) is 16.7 Å². The number of carbonyl (C=O) groups excluding carboxylic acids is 1. The molecule has 3 aromatic rings. The van der Waals surface area contributed by atoms with E-state index in [1.165, 1.54) is 18.3 Å². The maximum Gasteiger partial charge on any atom is 0.272 e. The van der Waals surface area contributed by atoms with Crippen LogP contribution in [0.2, 0.25) is 0 Å². The molecule has 1 N–H and O–H groups in total. The molecule has 6 heteroatoms. The maximum absolute atomic E-state index is 12.9. The lowest BCUT2D eigenvalue weighted by Gasteiger charge is -2.21. The van der Waals surface area contributed by atoms with Crippen molar-refractivity contribution in [1.29, 1.82) is 5.26 Å².